The van der Waals surface area contributed by atoms with E-state index in [1.807, 2.05) is 6.92 Å². The number of carbonyl (C=O) groups is 1. The van der Waals surface area contributed by atoms with Crippen molar-refractivity contribution < 1.29 is 9.90 Å². The summed E-state index contributed by atoms with van der Waals surface area (Å²) in [4.78, 5) is 20.6. The Labute approximate surface area is 116 Å². The highest BCUT2D eigenvalue weighted by atomic mass is 16.3. The second-order valence-corrected chi connectivity index (χ2v) is 5.19. The van der Waals surface area contributed by atoms with Gasteiger partial charge in [-0.15, -0.1) is 0 Å². The zero-order valence-electron chi connectivity index (χ0n) is 11.3. The summed E-state index contributed by atoms with van der Waals surface area (Å²) < 4.78 is 1.58. The molecular weight excluding hydrogens is 258 g/mol. The lowest BCUT2D eigenvalue weighted by Gasteiger charge is -2.41. The molecule has 2 aromatic heterocycles. The van der Waals surface area contributed by atoms with Gasteiger partial charge in [0.05, 0.1) is 23.4 Å². The van der Waals surface area contributed by atoms with Crippen LogP contribution < -0.4 is 5.32 Å². The summed E-state index contributed by atoms with van der Waals surface area (Å²) in [6.45, 7) is 1.93. The van der Waals surface area contributed by atoms with Crippen LogP contribution in [0.25, 0.3) is 5.78 Å². The summed E-state index contributed by atoms with van der Waals surface area (Å²) in [6, 6.07) is 0. The van der Waals surface area contributed by atoms with Gasteiger partial charge in [0.25, 0.3) is 11.7 Å². The summed E-state index contributed by atoms with van der Waals surface area (Å²) in [7, 11) is 0. The molecule has 20 heavy (non-hydrogen) atoms. The van der Waals surface area contributed by atoms with E-state index in [1.165, 1.54) is 12.5 Å². The van der Waals surface area contributed by atoms with E-state index in [2.05, 4.69) is 20.4 Å². The molecule has 106 valence electrons. The zero-order valence-corrected chi connectivity index (χ0v) is 11.3. The number of amides is 1. The second-order valence-electron chi connectivity index (χ2n) is 5.19. The minimum Gasteiger partial charge on any atom is -0.394 e. The third-order valence-corrected chi connectivity index (χ3v) is 3.98. The van der Waals surface area contributed by atoms with Gasteiger partial charge in [-0.1, -0.05) is 6.92 Å². The summed E-state index contributed by atoms with van der Waals surface area (Å²) in [5.74, 6) is 0.277. The van der Waals surface area contributed by atoms with Crippen molar-refractivity contribution in [3.63, 3.8) is 0 Å². The van der Waals surface area contributed by atoms with Crippen molar-refractivity contribution in [1.82, 2.24) is 24.9 Å². The molecule has 0 unspecified atom stereocenters. The van der Waals surface area contributed by atoms with E-state index in [0.717, 1.165) is 25.0 Å². The first-order chi connectivity index (χ1) is 9.69. The minimum atomic E-state index is -0.459. The van der Waals surface area contributed by atoms with Gasteiger partial charge in [-0.25, -0.2) is 9.50 Å². The van der Waals surface area contributed by atoms with Crippen LogP contribution in [-0.4, -0.2) is 42.7 Å². The Hall–Kier alpha value is -2.02. The molecule has 0 saturated heterocycles. The first-order valence-corrected chi connectivity index (χ1v) is 6.80. The van der Waals surface area contributed by atoms with E-state index in [4.69, 9.17) is 0 Å². The Bertz CT molecular complexity index is 642. The molecule has 0 aliphatic heterocycles. The van der Waals surface area contributed by atoms with E-state index in [1.54, 1.807) is 4.52 Å². The van der Waals surface area contributed by atoms with E-state index in [-0.39, 0.29) is 12.5 Å². The lowest BCUT2D eigenvalue weighted by molar-refractivity contribution is 0.0640. The third kappa shape index (κ3) is 1.94. The van der Waals surface area contributed by atoms with Crippen molar-refractivity contribution in [2.24, 2.45) is 0 Å². The van der Waals surface area contributed by atoms with Crippen molar-refractivity contribution in [2.75, 3.05) is 6.61 Å². The van der Waals surface area contributed by atoms with Crippen molar-refractivity contribution in [3.8, 4) is 0 Å². The molecule has 0 spiro atoms. The molecule has 0 atom stereocenters. The molecule has 2 N–H and O–H groups in total. The standard InChI is InChI=1S/C13H17N5O2/c1-2-10-9(6-14-12-15-8-16-18(10)12)11(20)17-13(7-19)4-3-5-13/h6,8,19H,2-5,7H2,1H3,(H,17,20). The van der Waals surface area contributed by atoms with Crippen molar-refractivity contribution >= 4 is 11.7 Å². The minimum absolute atomic E-state index is 0.0286. The van der Waals surface area contributed by atoms with Crippen molar-refractivity contribution in [3.05, 3.63) is 23.8 Å². The fourth-order valence-corrected chi connectivity index (χ4v) is 2.59. The van der Waals surface area contributed by atoms with E-state index in [9.17, 15) is 9.90 Å². The Kier molecular flexibility index (Phi) is 3.13. The van der Waals surface area contributed by atoms with Crippen LogP contribution >= 0.6 is 0 Å². The van der Waals surface area contributed by atoms with Gasteiger partial charge in [-0.05, 0) is 25.7 Å². The molecule has 0 aromatic carbocycles. The summed E-state index contributed by atoms with van der Waals surface area (Å²) >= 11 is 0. The van der Waals surface area contributed by atoms with E-state index >= 15 is 0 Å². The average molecular weight is 275 g/mol. The Morgan fingerprint density at radius 2 is 2.30 bits per heavy atom. The normalized spacial score (nSPS) is 16.9. The van der Waals surface area contributed by atoms with Crippen LogP contribution in [0, 0.1) is 0 Å². The molecule has 0 bridgehead atoms. The van der Waals surface area contributed by atoms with Crippen LogP contribution in [0.3, 0.4) is 0 Å². The molecule has 1 saturated carbocycles. The number of carbonyl (C=O) groups excluding carboxylic acids is 1. The van der Waals surface area contributed by atoms with Gasteiger partial charge < -0.3 is 10.4 Å². The van der Waals surface area contributed by atoms with Crippen molar-refractivity contribution in [1.29, 1.82) is 0 Å². The van der Waals surface area contributed by atoms with Gasteiger partial charge in [0.1, 0.15) is 6.33 Å². The first-order valence-electron chi connectivity index (χ1n) is 6.80. The number of aromatic nitrogens is 4. The number of hydrogen-bond donors (Lipinski definition) is 2. The highest BCUT2D eigenvalue weighted by Gasteiger charge is 2.38. The van der Waals surface area contributed by atoms with E-state index in [0.29, 0.717) is 17.8 Å². The van der Waals surface area contributed by atoms with E-state index < -0.39 is 5.54 Å². The van der Waals surface area contributed by atoms with Crippen LogP contribution in [0.4, 0.5) is 0 Å². The molecular formula is C13H17N5O2. The number of rotatable bonds is 4. The monoisotopic (exact) mass is 275 g/mol. The summed E-state index contributed by atoms with van der Waals surface area (Å²) in [5.41, 5.74) is 0.807. The quantitative estimate of drug-likeness (QED) is 0.839. The number of fused-ring (bicyclic) bond motifs is 1. The SMILES string of the molecule is CCc1c(C(=O)NC2(CO)CCC2)cnc2ncnn12. The van der Waals surface area contributed by atoms with Gasteiger partial charge in [0.15, 0.2) is 0 Å². The predicted octanol–water partition coefficient (Wildman–Crippen LogP) is 0.331. The maximum absolute atomic E-state index is 12.4. The Morgan fingerprint density at radius 3 is 2.90 bits per heavy atom. The number of aliphatic hydroxyl groups is 1. The van der Waals surface area contributed by atoms with Crippen LogP contribution in [0.1, 0.15) is 42.2 Å². The number of aryl methyl sites for hydroxylation is 1. The average Bonchev–Trinajstić information content (AvgIpc) is 2.89. The number of nitrogens with zero attached hydrogens (tertiary/aromatic N) is 4. The second kappa shape index (κ2) is 4.82. The number of hydrogen-bond acceptors (Lipinski definition) is 5. The van der Waals surface area contributed by atoms with Crippen LogP contribution in [-0.2, 0) is 6.42 Å². The molecule has 1 amide bonds. The van der Waals surface area contributed by atoms with Gasteiger partial charge in [-0.3, -0.25) is 4.79 Å². The predicted molar refractivity (Wildman–Crippen MR) is 71.3 cm³/mol. The first kappa shape index (κ1) is 13.0. The van der Waals surface area contributed by atoms with Crippen molar-refractivity contribution in [2.45, 2.75) is 38.1 Å². The Balaban J connectivity index is 1.94. The lowest BCUT2D eigenvalue weighted by Crippen LogP contribution is -2.56. The zero-order chi connectivity index (χ0) is 14.2. The van der Waals surface area contributed by atoms with Gasteiger partial charge >= 0.3 is 0 Å². The largest absolute Gasteiger partial charge is 0.394 e. The molecule has 3 rings (SSSR count). The van der Waals surface area contributed by atoms with Crippen LogP contribution in [0.5, 0.6) is 0 Å². The smallest absolute Gasteiger partial charge is 0.255 e. The molecule has 0 radical (unpaired) electrons. The molecule has 1 aliphatic carbocycles. The molecule has 7 nitrogen and oxygen atoms in total. The molecule has 1 aliphatic rings. The molecule has 2 aromatic rings. The van der Waals surface area contributed by atoms with Crippen LogP contribution in [0.15, 0.2) is 12.5 Å². The maximum Gasteiger partial charge on any atom is 0.255 e. The maximum atomic E-state index is 12.4. The Morgan fingerprint density at radius 1 is 1.50 bits per heavy atom. The van der Waals surface area contributed by atoms with Crippen LogP contribution in [0.2, 0.25) is 0 Å². The topological polar surface area (TPSA) is 92.4 Å². The van der Waals surface area contributed by atoms with Gasteiger partial charge in [0, 0.05) is 6.20 Å². The number of aliphatic hydroxyl groups excluding tert-OH is 1. The third-order valence-electron chi connectivity index (χ3n) is 3.98. The highest BCUT2D eigenvalue weighted by molar-refractivity contribution is 5.95. The van der Waals surface area contributed by atoms with Gasteiger partial charge in [-0.2, -0.15) is 10.1 Å². The fraction of sp³-hybridized carbons (Fsp3) is 0.538. The lowest BCUT2D eigenvalue weighted by atomic mass is 9.77. The van der Waals surface area contributed by atoms with Gasteiger partial charge in [0.2, 0.25) is 0 Å². The number of nitrogens with one attached hydrogen (secondary N) is 1. The fourth-order valence-electron chi connectivity index (χ4n) is 2.59. The molecule has 7 heteroatoms. The summed E-state index contributed by atoms with van der Waals surface area (Å²) in [6.07, 6.45) is 6.26. The summed E-state index contributed by atoms with van der Waals surface area (Å²) in [5, 5.41) is 16.5. The molecule has 2 heterocycles. The highest BCUT2D eigenvalue weighted by Crippen LogP contribution is 2.31. The molecule has 1 fully saturated rings.